The highest BCUT2D eigenvalue weighted by Crippen LogP contribution is 2.23. The van der Waals surface area contributed by atoms with Crippen molar-refractivity contribution in [2.24, 2.45) is 0 Å². The Morgan fingerprint density at radius 3 is 2.50 bits per heavy atom. The lowest BCUT2D eigenvalue weighted by molar-refractivity contribution is 0.0990. The smallest absolute Gasteiger partial charge is 0.291 e. The molecule has 0 aliphatic carbocycles. The van der Waals surface area contributed by atoms with Crippen LogP contribution in [-0.4, -0.2) is 21.5 Å². The monoisotopic (exact) mass is 461 g/mol. The Bertz CT molecular complexity index is 1340. The Balaban J connectivity index is 1.40. The second kappa shape index (κ2) is 9.74. The third-order valence-electron chi connectivity index (χ3n) is 5.43. The quantitative estimate of drug-likeness (QED) is 0.359. The first kappa shape index (κ1) is 23.0. The molecule has 1 amide bonds. The van der Waals surface area contributed by atoms with Crippen LogP contribution in [0.25, 0.3) is 0 Å². The van der Waals surface area contributed by atoms with Crippen LogP contribution in [-0.2, 0) is 13.2 Å². The first-order chi connectivity index (χ1) is 16.3. The molecular formula is C26H24FN3O4. The fourth-order valence-electron chi connectivity index (χ4n) is 3.51. The predicted octanol–water partition coefficient (Wildman–Crippen LogP) is 5.31. The Labute approximate surface area is 196 Å². The van der Waals surface area contributed by atoms with E-state index in [9.17, 15) is 14.0 Å². The van der Waals surface area contributed by atoms with E-state index in [0.29, 0.717) is 39.7 Å². The van der Waals surface area contributed by atoms with Crippen LogP contribution in [0.5, 0.6) is 5.75 Å². The van der Waals surface area contributed by atoms with Crippen LogP contribution in [0, 0.1) is 19.7 Å². The summed E-state index contributed by atoms with van der Waals surface area (Å²) >= 11 is 0. The third-order valence-corrected chi connectivity index (χ3v) is 5.43. The molecule has 0 aliphatic heterocycles. The van der Waals surface area contributed by atoms with Crippen LogP contribution in [0.4, 0.5) is 10.1 Å². The van der Waals surface area contributed by atoms with Gasteiger partial charge in [0.05, 0.1) is 23.6 Å². The summed E-state index contributed by atoms with van der Waals surface area (Å²) < 4.78 is 27.0. The summed E-state index contributed by atoms with van der Waals surface area (Å²) in [6, 6.07) is 16.5. The number of furan rings is 1. The fraction of sp³-hybridized carbons (Fsp3) is 0.192. The molecule has 7 nitrogen and oxygen atoms in total. The molecular weight excluding hydrogens is 437 g/mol. The van der Waals surface area contributed by atoms with Crippen molar-refractivity contribution in [3.05, 3.63) is 101 Å². The van der Waals surface area contributed by atoms with Crippen molar-refractivity contribution in [1.29, 1.82) is 0 Å². The molecule has 0 aliphatic rings. The molecule has 2 aromatic heterocycles. The normalized spacial score (nSPS) is 10.8. The molecule has 2 aromatic carbocycles. The van der Waals surface area contributed by atoms with Gasteiger partial charge >= 0.3 is 0 Å². The lowest BCUT2D eigenvalue weighted by Crippen LogP contribution is -2.12. The zero-order valence-electron chi connectivity index (χ0n) is 19.1. The standard InChI is InChI=1S/C26H24FN3O4/c1-16-25(17(2)30(29-16)14-20-6-4-5-7-23(20)27)28-26(32)24-13-12-22(34-24)15-33-21-10-8-19(9-11-21)18(3)31/h4-13H,14-15H2,1-3H3,(H,28,32). The van der Waals surface area contributed by atoms with E-state index in [2.05, 4.69) is 10.4 Å². The van der Waals surface area contributed by atoms with Gasteiger partial charge in [-0.1, -0.05) is 18.2 Å². The number of halogens is 1. The molecule has 2 heterocycles. The van der Waals surface area contributed by atoms with E-state index in [-0.39, 0.29) is 30.5 Å². The van der Waals surface area contributed by atoms with Gasteiger partial charge in [0.1, 0.15) is 23.9 Å². The van der Waals surface area contributed by atoms with E-state index in [1.165, 1.54) is 13.0 Å². The number of amides is 1. The number of hydrogen-bond donors (Lipinski definition) is 1. The fourth-order valence-corrected chi connectivity index (χ4v) is 3.51. The molecule has 34 heavy (non-hydrogen) atoms. The number of hydrogen-bond acceptors (Lipinski definition) is 5. The van der Waals surface area contributed by atoms with Crippen LogP contribution in [0.2, 0.25) is 0 Å². The Morgan fingerprint density at radius 1 is 1.06 bits per heavy atom. The molecule has 8 heteroatoms. The van der Waals surface area contributed by atoms with Crippen LogP contribution < -0.4 is 10.1 Å². The summed E-state index contributed by atoms with van der Waals surface area (Å²) in [5, 5.41) is 7.28. The number of ether oxygens (including phenoxy) is 1. The number of carbonyl (C=O) groups excluding carboxylic acids is 2. The Morgan fingerprint density at radius 2 is 1.79 bits per heavy atom. The minimum absolute atomic E-state index is 0.0171. The number of ketones is 1. The molecule has 174 valence electrons. The maximum Gasteiger partial charge on any atom is 0.291 e. The second-order valence-electron chi connectivity index (χ2n) is 7.88. The van der Waals surface area contributed by atoms with Crippen molar-refractivity contribution in [1.82, 2.24) is 9.78 Å². The number of nitrogens with zero attached hydrogens (tertiary/aromatic N) is 2. The maximum absolute atomic E-state index is 14.0. The average Bonchev–Trinajstić information content (AvgIpc) is 3.40. The van der Waals surface area contributed by atoms with Crippen LogP contribution >= 0.6 is 0 Å². The van der Waals surface area contributed by atoms with Gasteiger partial charge in [-0.3, -0.25) is 14.3 Å². The van der Waals surface area contributed by atoms with Crippen LogP contribution in [0.3, 0.4) is 0 Å². The predicted molar refractivity (Wildman–Crippen MR) is 125 cm³/mol. The number of Topliss-reactive ketones (excluding diaryl/α,β-unsaturated/α-hetero) is 1. The lowest BCUT2D eigenvalue weighted by Gasteiger charge is -2.07. The molecule has 0 bridgehead atoms. The number of benzene rings is 2. The van der Waals surface area contributed by atoms with Gasteiger partial charge in [0.15, 0.2) is 11.5 Å². The number of rotatable bonds is 8. The Hall–Kier alpha value is -4.20. The zero-order valence-corrected chi connectivity index (χ0v) is 19.1. The highest BCUT2D eigenvalue weighted by atomic mass is 19.1. The summed E-state index contributed by atoms with van der Waals surface area (Å²) in [6.07, 6.45) is 0. The number of anilines is 1. The average molecular weight is 461 g/mol. The molecule has 4 rings (SSSR count). The van der Waals surface area contributed by atoms with Gasteiger partial charge in [-0.05, 0) is 63.2 Å². The van der Waals surface area contributed by atoms with Crippen molar-refractivity contribution in [2.75, 3.05) is 5.32 Å². The minimum atomic E-state index is -0.422. The van der Waals surface area contributed by atoms with Crippen LogP contribution in [0.1, 0.15) is 50.5 Å². The van der Waals surface area contributed by atoms with Gasteiger partial charge in [-0.2, -0.15) is 5.10 Å². The molecule has 4 aromatic rings. The van der Waals surface area contributed by atoms with E-state index in [1.54, 1.807) is 66.2 Å². The van der Waals surface area contributed by atoms with Crippen LogP contribution in [0.15, 0.2) is 65.1 Å². The molecule has 1 N–H and O–H groups in total. The van der Waals surface area contributed by atoms with Gasteiger partial charge in [0.2, 0.25) is 0 Å². The molecule has 0 saturated carbocycles. The molecule has 0 unspecified atom stereocenters. The van der Waals surface area contributed by atoms with E-state index in [0.717, 1.165) is 0 Å². The number of carbonyl (C=O) groups is 2. The van der Waals surface area contributed by atoms with Crippen molar-refractivity contribution >= 4 is 17.4 Å². The first-order valence-corrected chi connectivity index (χ1v) is 10.7. The van der Waals surface area contributed by atoms with E-state index >= 15 is 0 Å². The molecule has 0 spiro atoms. The van der Waals surface area contributed by atoms with Gasteiger partial charge < -0.3 is 14.5 Å². The van der Waals surface area contributed by atoms with Gasteiger partial charge in [-0.15, -0.1) is 0 Å². The molecule has 0 radical (unpaired) electrons. The van der Waals surface area contributed by atoms with E-state index in [4.69, 9.17) is 9.15 Å². The minimum Gasteiger partial charge on any atom is -0.486 e. The third kappa shape index (κ3) is 5.06. The summed E-state index contributed by atoms with van der Waals surface area (Å²) in [4.78, 5) is 24.1. The zero-order chi connectivity index (χ0) is 24.2. The van der Waals surface area contributed by atoms with Gasteiger partial charge in [0, 0.05) is 11.1 Å². The second-order valence-corrected chi connectivity index (χ2v) is 7.88. The van der Waals surface area contributed by atoms with E-state index < -0.39 is 5.91 Å². The van der Waals surface area contributed by atoms with Crippen molar-refractivity contribution < 1.29 is 23.1 Å². The van der Waals surface area contributed by atoms with E-state index in [1.807, 2.05) is 6.92 Å². The maximum atomic E-state index is 14.0. The first-order valence-electron chi connectivity index (χ1n) is 10.7. The molecule has 0 atom stereocenters. The highest BCUT2D eigenvalue weighted by Gasteiger charge is 2.18. The summed E-state index contributed by atoms with van der Waals surface area (Å²) in [5.74, 6) is 0.447. The SMILES string of the molecule is CC(=O)c1ccc(OCc2ccc(C(=O)Nc3c(C)nn(Cc4ccccc4F)c3C)o2)cc1. The molecule has 0 saturated heterocycles. The van der Waals surface area contributed by atoms with Crippen molar-refractivity contribution in [3.63, 3.8) is 0 Å². The lowest BCUT2D eigenvalue weighted by atomic mass is 10.1. The topological polar surface area (TPSA) is 86.4 Å². The summed E-state index contributed by atoms with van der Waals surface area (Å²) in [6.45, 7) is 5.48. The van der Waals surface area contributed by atoms with Gasteiger partial charge in [0.25, 0.3) is 5.91 Å². The number of aryl methyl sites for hydroxylation is 1. The van der Waals surface area contributed by atoms with Crippen molar-refractivity contribution in [3.8, 4) is 5.75 Å². The van der Waals surface area contributed by atoms with Gasteiger partial charge in [-0.25, -0.2) is 4.39 Å². The number of nitrogens with one attached hydrogen (secondary N) is 1. The summed E-state index contributed by atoms with van der Waals surface area (Å²) in [7, 11) is 0. The highest BCUT2D eigenvalue weighted by molar-refractivity contribution is 6.03. The number of aromatic nitrogens is 2. The molecule has 0 fully saturated rings. The summed E-state index contributed by atoms with van der Waals surface area (Å²) in [5.41, 5.74) is 3.00. The largest absolute Gasteiger partial charge is 0.486 e. The Kier molecular flexibility index (Phi) is 6.58. The van der Waals surface area contributed by atoms with Crippen molar-refractivity contribution in [2.45, 2.75) is 33.9 Å².